The molecule has 0 heterocycles. The molecule has 0 rings (SSSR count). The second-order valence-corrected chi connectivity index (χ2v) is 2.79. The van der Waals surface area contributed by atoms with Crippen LogP contribution in [0.2, 0.25) is 0 Å². The van der Waals surface area contributed by atoms with Crippen molar-refractivity contribution >= 4 is 15.9 Å². The predicted octanol–water partition coefficient (Wildman–Crippen LogP) is 0.907. The molecule has 2 nitrogen and oxygen atoms in total. The molecule has 0 aromatic carbocycles. The fourth-order valence-corrected chi connectivity index (χ4v) is 0.830. The van der Waals surface area contributed by atoms with E-state index >= 15 is 0 Å². The van der Waals surface area contributed by atoms with Crippen LogP contribution in [0.4, 0.5) is 0 Å². The Kier molecular flexibility index (Phi) is 6.63. The molecule has 0 saturated carbocycles. The van der Waals surface area contributed by atoms with Crippen molar-refractivity contribution in [1.82, 2.24) is 0 Å². The molecule has 2 N–H and O–H groups in total. The summed E-state index contributed by atoms with van der Waals surface area (Å²) in [6, 6.07) is 0. The number of aliphatic hydroxyl groups excluding tert-OH is 2. The highest BCUT2D eigenvalue weighted by Crippen LogP contribution is 2.01. The van der Waals surface area contributed by atoms with E-state index in [0.29, 0.717) is 18.2 Å². The van der Waals surface area contributed by atoms with E-state index in [4.69, 9.17) is 5.11 Å². The van der Waals surface area contributed by atoms with Crippen molar-refractivity contribution in [3.8, 4) is 11.8 Å². The Morgan fingerprint density at radius 2 is 1.91 bits per heavy atom. The third kappa shape index (κ3) is 5.25. The molecule has 0 amide bonds. The molecule has 0 aliphatic rings. The van der Waals surface area contributed by atoms with Gasteiger partial charge in [0, 0.05) is 6.42 Å². The number of alkyl halides is 1. The summed E-state index contributed by atoms with van der Waals surface area (Å²) < 4.78 is 0. The maximum Gasteiger partial charge on any atom is 0.0907 e. The Bertz CT molecular complexity index is 148. The summed E-state index contributed by atoms with van der Waals surface area (Å²) in [6.45, 7) is 1.83. The molecule has 64 valence electrons. The minimum Gasteiger partial charge on any atom is -0.390 e. The lowest BCUT2D eigenvalue weighted by Gasteiger charge is -2.12. The molecular formula is C8H13BrO2. The van der Waals surface area contributed by atoms with Crippen molar-refractivity contribution in [3.63, 3.8) is 0 Å². The van der Waals surface area contributed by atoms with Crippen molar-refractivity contribution in [2.45, 2.75) is 32.0 Å². The van der Waals surface area contributed by atoms with Crippen LogP contribution in [-0.2, 0) is 0 Å². The lowest BCUT2D eigenvalue weighted by atomic mass is 10.1. The van der Waals surface area contributed by atoms with E-state index in [1.165, 1.54) is 0 Å². The van der Waals surface area contributed by atoms with Gasteiger partial charge >= 0.3 is 0 Å². The molecule has 2 unspecified atom stereocenters. The van der Waals surface area contributed by atoms with Crippen molar-refractivity contribution in [3.05, 3.63) is 0 Å². The first-order valence-corrected chi connectivity index (χ1v) is 4.72. The van der Waals surface area contributed by atoms with Crippen LogP contribution in [0.1, 0.15) is 19.8 Å². The van der Waals surface area contributed by atoms with Crippen LogP contribution >= 0.6 is 15.9 Å². The maximum absolute atomic E-state index is 9.18. The van der Waals surface area contributed by atoms with Gasteiger partial charge in [-0.05, 0) is 6.42 Å². The second-order valence-electron chi connectivity index (χ2n) is 2.23. The highest BCUT2D eigenvalue weighted by molar-refractivity contribution is 9.09. The zero-order valence-corrected chi connectivity index (χ0v) is 8.13. The predicted molar refractivity (Wildman–Crippen MR) is 48.5 cm³/mol. The van der Waals surface area contributed by atoms with Gasteiger partial charge in [0.15, 0.2) is 0 Å². The van der Waals surface area contributed by atoms with E-state index in [-0.39, 0.29) is 0 Å². The van der Waals surface area contributed by atoms with Crippen LogP contribution in [0.15, 0.2) is 0 Å². The maximum atomic E-state index is 9.18. The average molecular weight is 221 g/mol. The molecule has 2 atom stereocenters. The van der Waals surface area contributed by atoms with Crippen molar-refractivity contribution in [2.24, 2.45) is 0 Å². The molecule has 3 heteroatoms. The van der Waals surface area contributed by atoms with Gasteiger partial charge in [0.25, 0.3) is 0 Å². The SMILES string of the molecule is CCC(O)C(O)CC#CCBr. The minimum atomic E-state index is -0.702. The average Bonchev–Trinajstić information content (AvgIpc) is 2.03. The van der Waals surface area contributed by atoms with Gasteiger partial charge in [0.2, 0.25) is 0 Å². The van der Waals surface area contributed by atoms with Crippen molar-refractivity contribution in [2.75, 3.05) is 5.33 Å². The topological polar surface area (TPSA) is 40.5 Å². The highest BCUT2D eigenvalue weighted by Gasteiger charge is 2.11. The Morgan fingerprint density at radius 3 is 2.36 bits per heavy atom. The summed E-state index contributed by atoms with van der Waals surface area (Å²) in [6.07, 6.45) is -0.427. The first-order valence-electron chi connectivity index (χ1n) is 3.60. The lowest BCUT2D eigenvalue weighted by Crippen LogP contribution is -2.24. The first kappa shape index (κ1) is 11.0. The fourth-order valence-electron chi connectivity index (χ4n) is 0.632. The Hall–Kier alpha value is -0.0400. The molecule has 11 heavy (non-hydrogen) atoms. The van der Waals surface area contributed by atoms with E-state index in [0.717, 1.165) is 0 Å². The van der Waals surface area contributed by atoms with E-state index in [1.807, 2.05) is 6.92 Å². The number of rotatable bonds is 3. The largest absolute Gasteiger partial charge is 0.390 e. The summed E-state index contributed by atoms with van der Waals surface area (Å²) in [5, 5.41) is 18.9. The summed E-state index contributed by atoms with van der Waals surface area (Å²) in [5.41, 5.74) is 0. The number of aliphatic hydroxyl groups is 2. The van der Waals surface area contributed by atoms with E-state index in [1.54, 1.807) is 0 Å². The third-order valence-corrected chi connectivity index (χ3v) is 1.65. The van der Waals surface area contributed by atoms with Crippen LogP contribution in [0, 0.1) is 11.8 Å². The van der Waals surface area contributed by atoms with Gasteiger partial charge < -0.3 is 10.2 Å². The van der Waals surface area contributed by atoms with Crippen LogP contribution in [0.5, 0.6) is 0 Å². The van der Waals surface area contributed by atoms with E-state index < -0.39 is 12.2 Å². The fraction of sp³-hybridized carbons (Fsp3) is 0.750. The number of hydrogen-bond acceptors (Lipinski definition) is 2. The molecular weight excluding hydrogens is 208 g/mol. The summed E-state index contributed by atoms with van der Waals surface area (Å²) in [4.78, 5) is 0. The molecule has 0 fully saturated rings. The Labute approximate surface area is 75.7 Å². The standard InChI is InChI=1S/C8H13BrO2/c1-2-7(10)8(11)5-3-4-6-9/h7-8,10-11H,2,5-6H2,1H3. The van der Waals surface area contributed by atoms with Crippen LogP contribution in [-0.4, -0.2) is 27.8 Å². The quantitative estimate of drug-likeness (QED) is 0.549. The van der Waals surface area contributed by atoms with Gasteiger partial charge in [0.1, 0.15) is 0 Å². The van der Waals surface area contributed by atoms with Crippen molar-refractivity contribution < 1.29 is 10.2 Å². The number of hydrogen-bond donors (Lipinski definition) is 2. The van der Waals surface area contributed by atoms with Gasteiger partial charge in [0.05, 0.1) is 17.5 Å². The third-order valence-electron chi connectivity index (χ3n) is 1.37. The van der Waals surface area contributed by atoms with Crippen LogP contribution in [0.25, 0.3) is 0 Å². The van der Waals surface area contributed by atoms with Crippen LogP contribution in [0.3, 0.4) is 0 Å². The molecule has 0 aromatic rings. The first-order chi connectivity index (χ1) is 5.22. The smallest absolute Gasteiger partial charge is 0.0907 e. The zero-order valence-electron chi connectivity index (χ0n) is 6.55. The summed E-state index contributed by atoms with van der Waals surface area (Å²) in [5.74, 6) is 5.50. The molecule has 0 aromatic heterocycles. The Morgan fingerprint density at radius 1 is 1.27 bits per heavy atom. The zero-order chi connectivity index (χ0) is 8.69. The van der Waals surface area contributed by atoms with Gasteiger partial charge in [-0.1, -0.05) is 34.7 Å². The van der Waals surface area contributed by atoms with Crippen molar-refractivity contribution in [1.29, 1.82) is 0 Å². The molecule has 0 saturated heterocycles. The van der Waals surface area contributed by atoms with Gasteiger partial charge in [-0.2, -0.15) is 0 Å². The minimum absolute atomic E-state index is 0.348. The lowest BCUT2D eigenvalue weighted by molar-refractivity contribution is 0.0210. The molecule has 0 aliphatic heterocycles. The molecule has 0 bridgehead atoms. The molecule has 0 radical (unpaired) electrons. The number of halogens is 1. The summed E-state index contributed by atoms with van der Waals surface area (Å²) in [7, 11) is 0. The highest BCUT2D eigenvalue weighted by atomic mass is 79.9. The van der Waals surface area contributed by atoms with Gasteiger partial charge in [-0.25, -0.2) is 0 Å². The molecule has 0 aliphatic carbocycles. The molecule has 0 spiro atoms. The van der Waals surface area contributed by atoms with Gasteiger partial charge in [-0.3, -0.25) is 0 Å². The van der Waals surface area contributed by atoms with E-state index in [2.05, 4.69) is 27.8 Å². The second kappa shape index (κ2) is 6.66. The Balaban J connectivity index is 3.59. The van der Waals surface area contributed by atoms with Crippen LogP contribution < -0.4 is 0 Å². The monoisotopic (exact) mass is 220 g/mol. The van der Waals surface area contributed by atoms with E-state index in [9.17, 15) is 5.11 Å². The summed E-state index contributed by atoms with van der Waals surface area (Å²) >= 11 is 3.14. The normalized spacial score (nSPS) is 14.9. The van der Waals surface area contributed by atoms with Gasteiger partial charge in [-0.15, -0.1) is 0 Å².